The van der Waals surface area contributed by atoms with Crippen LogP contribution in [-0.2, 0) is 6.54 Å². The lowest BCUT2D eigenvalue weighted by Gasteiger charge is -2.09. The van der Waals surface area contributed by atoms with Gasteiger partial charge in [-0.2, -0.15) is 5.10 Å². The molecule has 0 spiro atoms. The summed E-state index contributed by atoms with van der Waals surface area (Å²) in [6, 6.07) is 0. The van der Waals surface area contributed by atoms with Gasteiger partial charge in [0.15, 0.2) is 5.69 Å². The maximum atomic E-state index is 11.7. The number of aromatic nitrogens is 2. The predicted molar refractivity (Wildman–Crippen MR) is 65.6 cm³/mol. The van der Waals surface area contributed by atoms with E-state index in [0.717, 1.165) is 6.42 Å². The third-order valence-electron chi connectivity index (χ3n) is 2.45. The van der Waals surface area contributed by atoms with Gasteiger partial charge in [-0.25, -0.2) is 0 Å². The van der Waals surface area contributed by atoms with E-state index in [1.165, 1.54) is 0 Å². The van der Waals surface area contributed by atoms with E-state index < -0.39 is 6.10 Å². The lowest BCUT2D eigenvalue weighted by molar-refractivity contribution is 0.0905. The molecule has 0 aliphatic carbocycles. The number of nitrogens with zero attached hydrogens (tertiary/aromatic N) is 2. The van der Waals surface area contributed by atoms with Crippen LogP contribution in [0.1, 0.15) is 37.2 Å². The number of aliphatic hydroxyl groups excluding tert-OH is 1. The van der Waals surface area contributed by atoms with Crippen molar-refractivity contribution in [1.29, 1.82) is 0 Å². The van der Waals surface area contributed by atoms with Gasteiger partial charge in [-0.3, -0.25) is 9.48 Å². The highest BCUT2D eigenvalue weighted by molar-refractivity contribution is 5.96. The molecule has 0 aromatic carbocycles. The molecule has 1 atom stereocenters. The number of amides is 1. The molecule has 0 fully saturated rings. The molecular weight excluding hydrogens is 220 g/mol. The number of aryl methyl sites for hydroxylation is 1. The second-order valence-corrected chi connectivity index (χ2v) is 3.94. The second-order valence-electron chi connectivity index (χ2n) is 3.94. The number of hydrogen-bond acceptors (Lipinski definition) is 4. The minimum absolute atomic E-state index is 0.218. The summed E-state index contributed by atoms with van der Waals surface area (Å²) in [5.74, 6) is -0.343. The SMILES string of the molecule is CCCC(O)CNC(=O)c1nn(CC)cc1N. The van der Waals surface area contributed by atoms with E-state index in [9.17, 15) is 9.90 Å². The molecule has 0 aliphatic rings. The van der Waals surface area contributed by atoms with Gasteiger partial charge in [-0.15, -0.1) is 0 Å². The number of aliphatic hydroxyl groups is 1. The van der Waals surface area contributed by atoms with Gasteiger partial charge in [-0.05, 0) is 13.3 Å². The average Bonchev–Trinajstić information content (AvgIpc) is 2.68. The number of nitrogen functional groups attached to an aromatic ring is 1. The van der Waals surface area contributed by atoms with Gasteiger partial charge in [0.25, 0.3) is 5.91 Å². The van der Waals surface area contributed by atoms with Crippen LogP contribution >= 0.6 is 0 Å². The highest BCUT2D eigenvalue weighted by atomic mass is 16.3. The van der Waals surface area contributed by atoms with Crippen molar-refractivity contribution in [3.05, 3.63) is 11.9 Å². The summed E-state index contributed by atoms with van der Waals surface area (Å²) >= 11 is 0. The Morgan fingerprint density at radius 3 is 2.88 bits per heavy atom. The first-order valence-corrected chi connectivity index (χ1v) is 5.87. The molecule has 6 heteroatoms. The molecule has 1 rings (SSSR count). The van der Waals surface area contributed by atoms with Gasteiger partial charge in [0.2, 0.25) is 0 Å². The van der Waals surface area contributed by atoms with Gasteiger partial charge < -0.3 is 16.2 Å². The number of hydrogen-bond donors (Lipinski definition) is 3. The van der Waals surface area contributed by atoms with Gasteiger partial charge >= 0.3 is 0 Å². The molecule has 0 saturated heterocycles. The Bertz CT molecular complexity index is 376. The molecular formula is C11H20N4O2. The number of nitrogens with one attached hydrogen (secondary N) is 1. The molecule has 1 amide bonds. The summed E-state index contributed by atoms with van der Waals surface area (Å²) in [6.45, 7) is 4.78. The van der Waals surface area contributed by atoms with Crippen molar-refractivity contribution in [2.75, 3.05) is 12.3 Å². The Morgan fingerprint density at radius 2 is 2.35 bits per heavy atom. The van der Waals surface area contributed by atoms with Crippen LogP contribution in [-0.4, -0.2) is 33.4 Å². The predicted octanol–water partition coefficient (Wildman–Crippen LogP) is 0.376. The molecule has 0 aliphatic heterocycles. The van der Waals surface area contributed by atoms with Crippen molar-refractivity contribution in [3.8, 4) is 0 Å². The van der Waals surface area contributed by atoms with Gasteiger partial charge in [0.05, 0.1) is 11.8 Å². The van der Waals surface area contributed by atoms with Crippen molar-refractivity contribution in [2.24, 2.45) is 0 Å². The molecule has 96 valence electrons. The van der Waals surface area contributed by atoms with Gasteiger partial charge in [0, 0.05) is 19.3 Å². The minimum Gasteiger partial charge on any atom is -0.396 e. The Morgan fingerprint density at radius 1 is 1.65 bits per heavy atom. The fourth-order valence-electron chi connectivity index (χ4n) is 1.50. The lowest BCUT2D eigenvalue weighted by Crippen LogP contribution is -2.32. The molecule has 1 aromatic heterocycles. The van der Waals surface area contributed by atoms with Gasteiger partial charge in [0.1, 0.15) is 0 Å². The maximum absolute atomic E-state index is 11.7. The zero-order chi connectivity index (χ0) is 12.8. The third-order valence-corrected chi connectivity index (χ3v) is 2.45. The van der Waals surface area contributed by atoms with Crippen LogP contribution in [0.2, 0.25) is 0 Å². The topological polar surface area (TPSA) is 93.2 Å². The van der Waals surface area contributed by atoms with Crippen molar-refractivity contribution in [3.63, 3.8) is 0 Å². The van der Waals surface area contributed by atoms with Crippen molar-refractivity contribution in [2.45, 2.75) is 39.3 Å². The first kappa shape index (κ1) is 13.5. The summed E-state index contributed by atoms with van der Waals surface area (Å²) in [5, 5.41) is 16.2. The summed E-state index contributed by atoms with van der Waals surface area (Å²) in [5.41, 5.74) is 6.25. The smallest absolute Gasteiger partial charge is 0.274 e. The highest BCUT2D eigenvalue weighted by Gasteiger charge is 2.15. The van der Waals surface area contributed by atoms with Crippen molar-refractivity contribution >= 4 is 11.6 Å². The zero-order valence-electron chi connectivity index (χ0n) is 10.3. The molecule has 0 saturated carbocycles. The third kappa shape index (κ3) is 3.74. The molecule has 0 radical (unpaired) electrons. The average molecular weight is 240 g/mol. The van der Waals surface area contributed by atoms with E-state index >= 15 is 0 Å². The molecule has 4 N–H and O–H groups in total. The lowest BCUT2D eigenvalue weighted by atomic mass is 10.2. The van der Waals surface area contributed by atoms with Crippen LogP contribution in [0.25, 0.3) is 0 Å². The van der Waals surface area contributed by atoms with Crippen molar-refractivity contribution in [1.82, 2.24) is 15.1 Å². The van der Waals surface area contributed by atoms with Crippen LogP contribution < -0.4 is 11.1 Å². The monoisotopic (exact) mass is 240 g/mol. The molecule has 1 aromatic rings. The summed E-state index contributed by atoms with van der Waals surface area (Å²) < 4.78 is 1.60. The summed E-state index contributed by atoms with van der Waals surface area (Å²) in [7, 11) is 0. The minimum atomic E-state index is -0.515. The van der Waals surface area contributed by atoms with E-state index in [0.29, 0.717) is 18.7 Å². The first-order valence-electron chi connectivity index (χ1n) is 5.87. The molecule has 17 heavy (non-hydrogen) atoms. The fourth-order valence-corrected chi connectivity index (χ4v) is 1.50. The number of carbonyl (C=O) groups excluding carboxylic acids is 1. The normalized spacial score (nSPS) is 12.4. The maximum Gasteiger partial charge on any atom is 0.274 e. The van der Waals surface area contributed by atoms with Crippen LogP contribution in [0, 0.1) is 0 Å². The highest BCUT2D eigenvalue weighted by Crippen LogP contribution is 2.08. The van der Waals surface area contributed by atoms with Crippen LogP contribution in [0.15, 0.2) is 6.20 Å². The Hall–Kier alpha value is -1.56. The Kier molecular flexibility index (Phi) is 4.96. The number of rotatable bonds is 6. The van der Waals surface area contributed by atoms with E-state index in [1.54, 1.807) is 10.9 Å². The first-order chi connectivity index (χ1) is 8.08. The molecule has 6 nitrogen and oxygen atoms in total. The number of carbonyl (C=O) groups is 1. The van der Waals surface area contributed by atoms with Crippen LogP contribution in [0.4, 0.5) is 5.69 Å². The second kappa shape index (κ2) is 6.24. The number of anilines is 1. The quantitative estimate of drug-likeness (QED) is 0.670. The van der Waals surface area contributed by atoms with Crippen LogP contribution in [0.3, 0.4) is 0 Å². The summed E-state index contributed by atoms with van der Waals surface area (Å²) in [4.78, 5) is 11.7. The Balaban J connectivity index is 2.54. The van der Waals surface area contributed by atoms with E-state index in [2.05, 4.69) is 10.4 Å². The van der Waals surface area contributed by atoms with E-state index in [4.69, 9.17) is 5.73 Å². The van der Waals surface area contributed by atoms with Crippen LogP contribution in [0.5, 0.6) is 0 Å². The van der Waals surface area contributed by atoms with Gasteiger partial charge in [-0.1, -0.05) is 13.3 Å². The molecule has 1 heterocycles. The molecule has 1 unspecified atom stereocenters. The Labute approximate surface area is 101 Å². The van der Waals surface area contributed by atoms with Crippen molar-refractivity contribution < 1.29 is 9.90 Å². The zero-order valence-corrected chi connectivity index (χ0v) is 10.3. The summed E-state index contributed by atoms with van der Waals surface area (Å²) in [6.07, 6.45) is 2.65. The molecule has 0 bridgehead atoms. The standard InChI is InChI=1S/C11H20N4O2/c1-3-5-8(16)6-13-11(17)10-9(12)7-15(4-2)14-10/h7-8,16H,3-6,12H2,1-2H3,(H,13,17). The fraction of sp³-hybridized carbons (Fsp3) is 0.636. The van der Waals surface area contributed by atoms with E-state index in [-0.39, 0.29) is 18.1 Å². The number of nitrogens with two attached hydrogens (primary N) is 1. The largest absolute Gasteiger partial charge is 0.396 e. The van der Waals surface area contributed by atoms with E-state index in [1.807, 2.05) is 13.8 Å².